The zero-order valence-electron chi connectivity index (χ0n) is 19.2. The van der Waals surface area contributed by atoms with Crippen LogP contribution in [0.5, 0.6) is 5.75 Å². The lowest BCUT2D eigenvalue weighted by Crippen LogP contribution is -2.33. The zero-order valence-corrected chi connectivity index (χ0v) is 20.7. The molecule has 4 rings (SSSR count). The van der Waals surface area contributed by atoms with Crippen LogP contribution in [0.1, 0.15) is 38.2 Å². The summed E-state index contributed by atoms with van der Waals surface area (Å²) in [5.74, 6) is -0.0873. The number of nitriles is 1. The predicted octanol–water partition coefficient (Wildman–Crippen LogP) is 5.46. The molecule has 1 unspecified atom stereocenters. The fourth-order valence-corrected chi connectivity index (χ4v) is 4.76. The maximum Gasteiger partial charge on any atom is 0.262 e. The second kappa shape index (κ2) is 9.65. The van der Waals surface area contributed by atoms with Crippen LogP contribution in [0.2, 0.25) is 10.0 Å². The van der Waals surface area contributed by atoms with E-state index in [1.54, 1.807) is 36.4 Å². The minimum absolute atomic E-state index is 0.0135. The van der Waals surface area contributed by atoms with Gasteiger partial charge in [-0.05, 0) is 41.3 Å². The summed E-state index contributed by atoms with van der Waals surface area (Å²) in [7, 11) is 0. The van der Waals surface area contributed by atoms with Crippen LogP contribution in [0, 0.1) is 16.7 Å². The van der Waals surface area contributed by atoms with E-state index in [4.69, 9.17) is 38.4 Å². The monoisotopic (exact) mass is 511 g/mol. The molecule has 0 saturated carbocycles. The maximum atomic E-state index is 13.0. The molecule has 1 aliphatic carbocycles. The molecule has 2 aromatic rings. The van der Waals surface area contributed by atoms with Crippen LogP contribution in [0.25, 0.3) is 0 Å². The second-order valence-electron chi connectivity index (χ2n) is 9.23. The van der Waals surface area contributed by atoms with Gasteiger partial charge in [0.05, 0.1) is 16.6 Å². The number of carbonyl (C=O) groups excluding carboxylic acids is 2. The molecular weight excluding hydrogens is 489 g/mol. The summed E-state index contributed by atoms with van der Waals surface area (Å²) < 4.78 is 11.3. The highest BCUT2D eigenvalue weighted by atomic mass is 35.5. The molecule has 180 valence electrons. The first-order valence-electron chi connectivity index (χ1n) is 10.9. The third-order valence-electron chi connectivity index (χ3n) is 5.86. The number of nitrogens with two attached hydrogens (primary N) is 1. The number of ether oxygens (including phenoxy) is 2. The number of benzene rings is 2. The molecule has 3 N–H and O–H groups in total. The van der Waals surface area contributed by atoms with Crippen molar-refractivity contribution in [1.29, 1.82) is 5.26 Å². The average Bonchev–Trinajstić information content (AvgIpc) is 2.78. The van der Waals surface area contributed by atoms with Crippen LogP contribution >= 0.6 is 23.2 Å². The number of nitrogens with zero attached hydrogens (tertiary/aromatic N) is 1. The quantitative estimate of drug-likeness (QED) is 0.550. The van der Waals surface area contributed by atoms with Crippen LogP contribution in [-0.2, 0) is 14.3 Å². The van der Waals surface area contributed by atoms with Gasteiger partial charge in [0.2, 0.25) is 5.88 Å². The van der Waals surface area contributed by atoms with Gasteiger partial charge in [0, 0.05) is 23.4 Å². The van der Waals surface area contributed by atoms with Crippen molar-refractivity contribution in [3.8, 4) is 11.8 Å². The number of hydrogen-bond donors (Lipinski definition) is 2. The van der Waals surface area contributed by atoms with Gasteiger partial charge in [-0.3, -0.25) is 9.59 Å². The molecule has 1 amide bonds. The standard InChI is InChI=1S/C26H23Cl2N3O4/c1-26(2)10-20(32)24-21(11-26)35-25(30)17(12-29)23(24)14-3-6-16(7-4-14)34-13-22(33)31-19-8-5-15(27)9-18(19)28/h3-9,23H,10-11,13,30H2,1-2H3,(H,31,33). The highest BCUT2D eigenvalue weighted by molar-refractivity contribution is 6.36. The SMILES string of the molecule is CC1(C)CC(=O)C2=C(C1)OC(N)=C(C#N)C2c1ccc(OCC(=O)Nc2ccc(Cl)cc2Cl)cc1. The van der Waals surface area contributed by atoms with Gasteiger partial charge in [-0.1, -0.05) is 49.2 Å². The van der Waals surface area contributed by atoms with Crippen molar-refractivity contribution in [3.05, 3.63) is 80.9 Å². The van der Waals surface area contributed by atoms with Gasteiger partial charge < -0.3 is 20.5 Å². The minimum atomic E-state index is -0.614. The number of anilines is 1. The Bertz CT molecular complexity index is 1310. The van der Waals surface area contributed by atoms with E-state index in [0.717, 1.165) is 0 Å². The molecule has 0 radical (unpaired) electrons. The first-order chi connectivity index (χ1) is 16.6. The van der Waals surface area contributed by atoms with Gasteiger partial charge in [0.1, 0.15) is 23.2 Å². The van der Waals surface area contributed by atoms with Gasteiger partial charge in [0.25, 0.3) is 5.91 Å². The van der Waals surface area contributed by atoms with E-state index in [-0.39, 0.29) is 29.3 Å². The number of carbonyl (C=O) groups is 2. The fraction of sp³-hybridized carbons (Fsp3) is 0.269. The van der Waals surface area contributed by atoms with Crippen LogP contribution in [0.3, 0.4) is 0 Å². The Hall–Kier alpha value is -3.47. The Balaban J connectivity index is 1.50. The summed E-state index contributed by atoms with van der Waals surface area (Å²) in [6.07, 6.45) is 0.913. The van der Waals surface area contributed by atoms with E-state index in [9.17, 15) is 14.9 Å². The van der Waals surface area contributed by atoms with E-state index in [2.05, 4.69) is 11.4 Å². The van der Waals surface area contributed by atoms with Gasteiger partial charge in [-0.2, -0.15) is 5.26 Å². The highest BCUT2D eigenvalue weighted by Crippen LogP contribution is 2.47. The number of Topliss-reactive ketones (excluding diaryl/α,β-unsaturated/α-hetero) is 1. The fourth-order valence-electron chi connectivity index (χ4n) is 4.30. The Labute approximate surface area is 213 Å². The number of allylic oxidation sites excluding steroid dienone is 3. The molecule has 1 aliphatic heterocycles. The van der Waals surface area contributed by atoms with Crippen LogP contribution in [0.4, 0.5) is 5.69 Å². The van der Waals surface area contributed by atoms with Crippen molar-refractivity contribution < 1.29 is 19.1 Å². The molecule has 35 heavy (non-hydrogen) atoms. The highest BCUT2D eigenvalue weighted by Gasteiger charge is 2.42. The molecule has 0 bridgehead atoms. The van der Waals surface area contributed by atoms with E-state index in [1.165, 1.54) is 6.07 Å². The first kappa shape index (κ1) is 24.6. The third kappa shape index (κ3) is 5.29. The lowest BCUT2D eigenvalue weighted by atomic mass is 9.70. The molecule has 0 aromatic heterocycles. The van der Waals surface area contributed by atoms with Gasteiger partial charge >= 0.3 is 0 Å². The zero-order chi connectivity index (χ0) is 25.3. The summed E-state index contributed by atoms with van der Waals surface area (Å²) in [6.45, 7) is 3.75. The van der Waals surface area contributed by atoms with Crippen molar-refractivity contribution in [1.82, 2.24) is 0 Å². The molecule has 0 saturated heterocycles. The molecule has 1 heterocycles. The topological polar surface area (TPSA) is 114 Å². The number of rotatable bonds is 5. The second-order valence-corrected chi connectivity index (χ2v) is 10.1. The van der Waals surface area contributed by atoms with Gasteiger partial charge in [-0.15, -0.1) is 0 Å². The Morgan fingerprint density at radius 2 is 1.94 bits per heavy atom. The smallest absolute Gasteiger partial charge is 0.262 e. The number of hydrogen-bond acceptors (Lipinski definition) is 6. The van der Waals surface area contributed by atoms with E-state index in [1.807, 2.05) is 13.8 Å². The molecule has 2 aromatic carbocycles. The number of amides is 1. The van der Waals surface area contributed by atoms with Crippen LogP contribution in [0.15, 0.2) is 65.3 Å². The largest absolute Gasteiger partial charge is 0.484 e. The Kier molecular flexibility index (Phi) is 6.79. The van der Waals surface area contributed by atoms with Crippen LogP contribution < -0.4 is 15.8 Å². The molecule has 7 nitrogen and oxygen atoms in total. The average molecular weight is 512 g/mol. The minimum Gasteiger partial charge on any atom is -0.484 e. The molecule has 1 atom stereocenters. The summed E-state index contributed by atoms with van der Waals surface area (Å²) in [6, 6.07) is 13.7. The van der Waals surface area contributed by atoms with Crippen molar-refractivity contribution in [2.24, 2.45) is 11.1 Å². The van der Waals surface area contributed by atoms with Crippen molar-refractivity contribution in [3.63, 3.8) is 0 Å². The van der Waals surface area contributed by atoms with Crippen molar-refractivity contribution >= 4 is 40.6 Å². The summed E-state index contributed by atoms with van der Waals surface area (Å²) in [4.78, 5) is 25.3. The Morgan fingerprint density at radius 1 is 1.23 bits per heavy atom. The molecule has 9 heteroatoms. The molecule has 0 fully saturated rings. The number of ketones is 1. The number of nitrogens with one attached hydrogen (secondary N) is 1. The molecular formula is C26H23Cl2N3O4. The summed E-state index contributed by atoms with van der Waals surface area (Å²) in [5, 5.41) is 13.2. The van der Waals surface area contributed by atoms with Crippen molar-refractivity contribution in [2.45, 2.75) is 32.6 Å². The summed E-state index contributed by atoms with van der Waals surface area (Å²) in [5.41, 5.74) is 7.61. The molecule has 0 spiro atoms. The van der Waals surface area contributed by atoms with E-state index >= 15 is 0 Å². The first-order valence-corrected chi connectivity index (χ1v) is 11.6. The molecule has 2 aliphatic rings. The predicted molar refractivity (Wildman–Crippen MR) is 133 cm³/mol. The van der Waals surface area contributed by atoms with Gasteiger partial charge in [0.15, 0.2) is 12.4 Å². The lowest BCUT2D eigenvalue weighted by Gasteiger charge is -2.37. The van der Waals surface area contributed by atoms with E-state index in [0.29, 0.717) is 51.2 Å². The van der Waals surface area contributed by atoms with Crippen molar-refractivity contribution in [2.75, 3.05) is 11.9 Å². The van der Waals surface area contributed by atoms with E-state index < -0.39 is 11.8 Å². The van der Waals surface area contributed by atoms with Gasteiger partial charge in [-0.25, -0.2) is 0 Å². The Morgan fingerprint density at radius 3 is 2.60 bits per heavy atom. The third-order valence-corrected chi connectivity index (χ3v) is 6.41. The lowest BCUT2D eigenvalue weighted by molar-refractivity contribution is -0.119. The normalized spacial score (nSPS) is 18.9. The summed E-state index contributed by atoms with van der Waals surface area (Å²) >= 11 is 11.9. The number of halogens is 2. The maximum absolute atomic E-state index is 13.0. The van der Waals surface area contributed by atoms with Crippen LogP contribution in [-0.4, -0.2) is 18.3 Å².